The van der Waals surface area contributed by atoms with Gasteiger partial charge in [0.15, 0.2) is 18.3 Å². The molecule has 0 bridgehead atoms. The number of rotatable bonds is 5. The van der Waals surface area contributed by atoms with Crippen molar-refractivity contribution < 1.29 is 14.2 Å². The number of benzene rings is 1. The maximum Gasteiger partial charge on any atom is 0.188 e. The van der Waals surface area contributed by atoms with Crippen molar-refractivity contribution in [2.24, 2.45) is 0 Å². The Kier molecular flexibility index (Phi) is 4.16. The summed E-state index contributed by atoms with van der Waals surface area (Å²) in [6, 6.07) is 3.76. The van der Waals surface area contributed by atoms with E-state index < -0.39 is 0 Å². The summed E-state index contributed by atoms with van der Waals surface area (Å²) in [6.07, 6.45) is 1.58. The molecular formula is C14H18N2O3. The van der Waals surface area contributed by atoms with Gasteiger partial charge >= 0.3 is 0 Å². The highest BCUT2D eigenvalue weighted by atomic mass is 16.7. The van der Waals surface area contributed by atoms with Crippen LogP contribution in [-0.4, -0.2) is 31.0 Å². The Balaban J connectivity index is 2.58. The van der Waals surface area contributed by atoms with Crippen molar-refractivity contribution in [1.29, 1.82) is 0 Å². The summed E-state index contributed by atoms with van der Waals surface area (Å²) < 4.78 is 15.8. The van der Waals surface area contributed by atoms with Gasteiger partial charge in [-0.05, 0) is 12.0 Å². The maximum atomic E-state index is 5.52. The Bertz CT molecular complexity index is 570. The third-order valence-corrected chi connectivity index (χ3v) is 2.83. The Hall–Kier alpha value is -1.88. The zero-order valence-electron chi connectivity index (χ0n) is 11.6. The molecule has 0 aliphatic rings. The molecule has 5 heteroatoms. The van der Waals surface area contributed by atoms with Crippen LogP contribution in [0.3, 0.4) is 0 Å². The molecule has 0 amide bonds. The summed E-state index contributed by atoms with van der Waals surface area (Å²) in [7, 11) is 3.18. The molecule has 0 unspecified atom stereocenters. The van der Waals surface area contributed by atoms with Crippen LogP contribution in [0.15, 0.2) is 18.5 Å². The lowest BCUT2D eigenvalue weighted by Crippen LogP contribution is -2.02. The van der Waals surface area contributed by atoms with E-state index in [0.717, 1.165) is 16.6 Å². The van der Waals surface area contributed by atoms with Gasteiger partial charge in [0, 0.05) is 18.6 Å². The van der Waals surface area contributed by atoms with Crippen molar-refractivity contribution in [3.05, 3.63) is 24.2 Å². The fraction of sp³-hybridized carbons (Fsp3) is 0.429. The SMILES string of the molecule is COCOc1cc2c(C(C)C)ncnc2cc1OC. The summed E-state index contributed by atoms with van der Waals surface area (Å²) >= 11 is 0. The number of aromatic nitrogens is 2. The van der Waals surface area contributed by atoms with E-state index in [4.69, 9.17) is 14.2 Å². The van der Waals surface area contributed by atoms with Crippen LogP contribution in [0.5, 0.6) is 11.5 Å². The molecule has 1 aromatic carbocycles. The summed E-state index contributed by atoms with van der Waals surface area (Å²) in [6.45, 7) is 4.37. The predicted octanol–water partition coefficient (Wildman–Crippen LogP) is 2.74. The van der Waals surface area contributed by atoms with E-state index in [-0.39, 0.29) is 6.79 Å². The lowest BCUT2D eigenvalue weighted by atomic mass is 10.0. The van der Waals surface area contributed by atoms with E-state index in [2.05, 4.69) is 23.8 Å². The van der Waals surface area contributed by atoms with Crippen molar-refractivity contribution in [3.8, 4) is 11.5 Å². The minimum atomic E-state index is 0.173. The van der Waals surface area contributed by atoms with E-state index in [9.17, 15) is 0 Å². The fourth-order valence-corrected chi connectivity index (χ4v) is 1.94. The van der Waals surface area contributed by atoms with Crippen molar-refractivity contribution in [2.75, 3.05) is 21.0 Å². The standard InChI is InChI=1S/C14H18N2O3/c1-9(2)14-10-5-13(19-8-17-3)12(18-4)6-11(10)15-7-16-14/h5-7,9H,8H2,1-4H3. The van der Waals surface area contributed by atoms with Crippen LogP contribution in [0.2, 0.25) is 0 Å². The zero-order chi connectivity index (χ0) is 13.8. The van der Waals surface area contributed by atoms with Crippen molar-refractivity contribution >= 4 is 10.9 Å². The number of nitrogens with zero attached hydrogens (tertiary/aromatic N) is 2. The van der Waals surface area contributed by atoms with Gasteiger partial charge in [0.25, 0.3) is 0 Å². The third-order valence-electron chi connectivity index (χ3n) is 2.83. The summed E-state index contributed by atoms with van der Waals surface area (Å²) in [5.41, 5.74) is 1.84. The molecule has 0 aliphatic heterocycles. The average molecular weight is 262 g/mol. The molecule has 0 N–H and O–H groups in total. The first kappa shape index (κ1) is 13.5. The highest BCUT2D eigenvalue weighted by molar-refractivity contribution is 5.84. The zero-order valence-corrected chi connectivity index (χ0v) is 11.6. The summed E-state index contributed by atoms with van der Waals surface area (Å²) in [5, 5.41) is 0.976. The topological polar surface area (TPSA) is 53.5 Å². The highest BCUT2D eigenvalue weighted by Gasteiger charge is 2.13. The molecular weight excluding hydrogens is 244 g/mol. The van der Waals surface area contributed by atoms with Crippen LogP contribution < -0.4 is 9.47 Å². The van der Waals surface area contributed by atoms with Gasteiger partial charge in [-0.15, -0.1) is 0 Å². The van der Waals surface area contributed by atoms with Gasteiger partial charge in [-0.3, -0.25) is 0 Å². The Morgan fingerprint density at radius 2 is 1.89 bits per heavy atom. The average Bonchev–Trinajstić information content (AvgIpc) is 2.43. The predicted molar refractivity (Wildman–Crippen MR) is 72.7 cm³/mol. The maximum absolute atomic E-state index is 5.52. The second kappa shape index (κ2) is 5.84. The van der Waals surface area contributed by atoms with Crippen molar-refractivity contribution in [1.82, 2.24) is 9.97 Å². The molecule has 0 saturated heterocycles. The van der Waals surface area contributed by atoms with E-state index in [1.165, 1.54) is 0 Å². The van der Waals surface area contributed by atoms with Crippen LogP contribution in [0.1, 0.15) is 25.5 Å². The molecule has 0 spiro atoms. The Morgan fingerprint density at radius 3 is 2.53 bits per heavy atom. The molecule has 2 aromatic rings. The molecule has 0 saturated carbocycles. The Labute approximate surface area is 112 Å². The van der Waals surface area contributed by atoms with Gasteiger partial charge in [-0.1, -0.05) is 13.8 Å². The van der Waals surface area contributed by atoms with E-state index in [1.807, 2.05) is 12.1 Å². The molecule has 102 valence electrons. The van der Waals surface area contributed by atoms with Crippen LogP contribution in [0, 0.1) is 0 Å². The first-order valence-electron chi connectivity index (χ1n) is 6.11. The minimum absolute atomic E-state index is 0.173. The van der Waals surface area contributed by atoms with Crippen LogP contribution in [-0.2, 0) is 4.74 Å². The molecule has 19 heavy (non-hydrogen) atoms. The lowest BCUT2D eigenvalue weighted by Gasteiger charge is -2.13. The third kappa shape index (κ3) is 2.76. The number of ether oxygens (including phenoxy) is 3. The second-order valence-electron chi connectivity index (χ2n) is 4.48. The smallest absolute Gasteiger partial charge is 0.188 e. The second-order valence-corrected chi connectivity index (χ2v) is 4.48. The van der Waals surface area contributed by atoms with Gasteiger partial charge in [0.05, 0.1) is 18.3 Å². The first-order valence-corrected chi connectivity index (χ1v) is 6.11. The van der Waals surface area contributed by atoms with E-state index in [1.54, 1.807) is 20.5 Å². The van der Waals surface area contributed by atoms with Gasteiger partial charge < -0.3 is 14.2 Å². The molecule has 1 heterocycles. The van der Waals surface area contributed by atoms with Crippen molar-refractivity contribution in [3.63, 3.8) is 0 Å². The molecule has 2 rings (SSSR count). The molecule has 0 fully saturated rings. The van der Waals surface area contributed by atoms with Crippen LogP contribution >= 0.6 is 0 Å². The monoisotopic (exact) mass is 262 g/mol. The van der Waals surface area contributed by atoms with E-state index in [0.29, 0.717) is 17.4 Å². The molecule has 0 radical (unpaired) electrons. The van der Waals surface area contributed by atoms with Crippen LogP contribution in [0.4, 0.5) is 0 Å². The number of fused-ring (bicyclic) bond motifs is 1. The van der Waals surface area contributed by atoms with E-state index >= 15 is 0 Å². The minimum Gasteiger partial charge on any atom is -0.493 e. The van der Waals surface area contributed by atoms with Gasteiger partial charge in [-0.25, -0.2) is 9.97 Å². The fourth-order valence-electron chi connectivity index (χ4n) is 1.94. The van der Waals surface area contributed by atoms with Crippen molar-refractivity contribution in [2.45, 2.75) is 19.8 Å². The number of hydrogen-bond acceptors (Lipinski definition) is 5. The molecule has 0 atom stereocenters. The number of methoxy groups -OCH3 is 2. The first-order chi connectivity index (χ1) is 9.17. The molecule has 1 aromatic heterocycles. The van der Waals surface area contributed by atoms with Gasteiger partial charge in [-0.2, -0.15) is 0 Å². The lowest BCUT2D eigenvalue weighted by molar-refractivity contribution is 0.0493. The van der Waals surface area contributed by atoms with Gasteiger partial charge in [0.2, 0.25) is 0 Å². The normalized spacial score (nSPS) is 11.0. The largest absolute Gasteiger partial charge is 0.493 e. The summed E-state index contributed by atoms with van der Waals surface area (Å²) in [4.78, 5) is 8.62. The summed E-state index contributed by atoms with van der Waals surface area (Å²) in [5.74, 6) is 1.58. The van der Waals surface area contributed by atoms with Crippen LogP contribution in [0.25, 0.3) is 10.9 Å². The number of hydrogen-bond donors (Lipinski definition) is 0. The Morgan fingerprint density at radius 1 is 1.11 bits per heavy atom. The molecule has 0 aliphatic carbocycles. The van der Waals surface area contributed by atoms with Gasteiger partial charge in [0.1, 0.15) is 6.33 Å². The molecule has 5 nitrogen and oxygen atoms in total. The highest BCUT2D eigenvalue weighted by Crippen LogP contribution is 2.34. The quantitative estimate of drug-likeness (QED) is 0.775.